The number of ether oxygens (including phenoxy) is 2. The molecule has 0 atom stereocenters. The fraction of sp³-hybridized carbons (Fsp3) is 0.111. The maximum Gasteiger partial charge on any atom is 0.404 e. The quantitative estimate of drug-likeness (QED) is 0.714. The third-order valence-electron chi connectivity index (χ3n) is 3.36. The van der Waals surface area contributed by atoms with E-state index in [0.29, 0.717) is 23.1 Å². The number of benzene rings is 2. The van der Waals surface area contributed by atoms with Crippen LogP contribution in [0.15, 0.2) is 59.1 Å². The molecule has 0 fully saturated rings. The Morgan fingerprint density at radius 2 is 1.92 bits per heavy atom. The molecule has 0 aliphatic heterocycles. The van der Waals surface area contributed by atoms with Gasteiger partial charge in [-0.2, -0.15) is 0 Å². The van der Waals surface area contributed by atoms with Gasteiger partial charge in [-0.05, 0) is 42.0 Å². The van der Waals surface area contributed by atoms with Crippen LogP contribution in [0.2, 0.25) is 5.02 Å². The molecule has 0 spiro atoms. The molecule has 3 aromatic rings. The van der Waals surface area contributed by atoms with Crippen molar-refractivity contribution in [1.29, 1.82) is 0 Å². The van der Waals surface area contributed by atoms with Crippen molar-refractivity contribution in [3.63, 3.8) is 0 Å². The number of carbonyl (C=O) groups is 1. The van der Waals surface area contributed by atoms with Gasteiger partial charge < -0.3 is 19.7 Å². The minimum Gasteiger partial charge on any atom is -0.489 e. The van der Waals surface area contributed by atoms with Crippen LogP contribution in [0.3, 0.4) is 0 Å². The molecule has 2 aromatic carbocycles. The van der Waals surface area contributed by atoms with Gasteiger partial charge in [0, 0.05) is 16.7 Å². The Morgan fingerprint density at radius 3 is 2.64 bits per heavy atom. The minimum absolute atomic E-state index is 0.0524. The van der Waals surface area contributed by atoms with Crippen molar-refractivity contribution in [3.05, 3.63) is 70.9 Å². The van der Waals surface area contributed by atoms with Crippen molar-refractivity contribution in [1.82, 2.24) is 5.16 Å². The minimum atomic E-state index is -0.862. The van der Waals surface area contributed by atoms with Crippen molar-refractivity contribution < 1.29 is 18.8 Å². The topological polar surface area (TPSA) is 87.6 Å². The van der Waals surface area contributed by atoms with Gasteiger partial charge in [-0.15, -0.1) is 0 Å². The second-order valence-electron chi connectivity index (χ2n) is 5.23. The number of rotatable bonds is 6. The summed E-state index contributed by atoms with van der Waals surface area (Å²) in [5.74, 6) is 1.14. The summed E-state index contributed by atoms with van der Waals surface area (Å²) in [7, 11) is 0. The number of hydrogen-bond acceptors (Lipinski definition) is 5. The van der Waals surface area contributed by atoms with E-state index in [1.807, 2.05) is 48.5 Å². The third kappa shape index (κ3) is 4.74. The number of nitrogens with zero attached hydrogens (tertiary/aromatic N) is 1. The first kappa shape index (κ1) is 16.9. The average molecular weight is 359 g/mol. The van der Waals surface area contributed by atoms with Gasteiger partial charge in [-0.25, -0.2) is 4.79 Å². The highest BCUT2D eigenvalue weighted by molar-refractivity contribution is 6.30. The van der Waals surface area contributed by atoms with Crippen LogP contribution in [0.1, 0.15) is 11.3 Å². The van der Waals surface area contributed by atoms with Crippen molar-refractivity contribution in [3.8, 4) is 17.0 Å². The second-order valence-corrected chi connectivity index (χ2v) is 5.67. The summed E-state index contributed by atoms with van der Waals surface area (Å²) >= 11 is 5.95. The van der Waals surface area contributed by atoms with E-state index >= 15 is 0 Å². The van der Waals surface area contributed by atoms with Crippen LogP contribution >= 0.6 is 11.6 Å². The number of aromatic nitrogens is 1. The zero-order valence-electron chi connectivity index (χ0n) is 13.1. The summed E-state index contributed by atoms with van der Waals surface area (Å²) in [5.41, 5.74) is 7.38. The van der Waals surface area contributed by atoms with E-state index in [4.69, 9.17) is 26.6 Å². The van der Waals surface area contributed by atoms with Gasteiger partial charge >= 0.3 is 6.09 Å². The normalized spacial score (nSPS) is 10.4. The van der Waals surface area contributed by atoms with E-state index in [-0.39, 0.29) is 6.61 Å². The fourth-order valence-corrected chi connectivity index (χ4v) is 2.39. The molecule has 3 rings (SSSR count). The number of carbonyl (C=O) groups excluding carboxylic acids is 1. The van der Waals surface area contributed by atoms with Gasteiger partial charge in [0.2, 0.25) is 0 Å². The summed E-state index contributed by atoms with van der Waals surface area (Å²) < 4.78 is 15.5. The molecule has 0 bridgehead atoms. The summed E-state index contributed by atoms with van der Waals surface area (Å²) in [6.45, 7) is 0.377. The first-order valence-corrected chi connectivity index (χ1v) is 7.83. The first-order valence-electron chi connectivity index (χ1n) is 7.45. The summed E-state index contributed by atoms with van der Waals surface area (Å²) in [4.78, 5) is 10.6. The van der Waals surface area contributed by atoms with Gasteiger partial charge in [0.05, 0.1) is 0 Å². The highest BCUT2D eigenvalue weighted by Crippen LogP contribution is 2.23. The van der Waals surface area contributed by atoms with Crippen molar-refractivity contribution >= 4 is 17.7 Å². The van der Waals surface area contributed by atoms with E-state index < -0.39 is 6.09 Å². The zero-order valence-corrected chi connectivity index (χ0v) is 13.9. The molecule has 6 nitrogen and oxygen atoms in total. The number of primary amides is 1. The predicted molar refractivity (Wildman–Crippen MR) is 92.1 cm³/mol. The first-order chi connectivity index (χ1) is 12.1. The van der Waals surface area contributed by atoms with Crippen molar-refractivity contribution in [2.45, 2.75) is 13.2 Å². The standard InChI is InChI=1S/C18H15ClN2O4/c19-14-3-1-2-12(8-14)10-23-15-6-4-13(5-7-15)17-9-16(25-21-17)11-24-18(20)22/h1-9H,10-11H2,(H2,20,22). The molecule has 2 N–H and O–H groups in total. The fourth-order valence-electron chi connectivity index (χ4n) is 2.17. The summed E-state index contributed by atoms with van der Waals surface area (Å²) in [6, 6.07) is 16.6. The van der Waals surface area contributed by atoms with Gasteiger partial charge in [0.25, 0.3) is 0 Å². The Bertz CT molecular complexity index is 862. The molecule has 1 amide bonds. The molecule has 0 radical (unpaired) electrons. The highest BCUT2D eigenvalue weighted by Gasteiger charge is 2.08. The van der Waals surface area contributed by atoms with E-state index in [2.05, 4.69) is 9.89 Å². The molecule has 0 saturated heterocycles. The Labute approximate surface area is 149 Å². The zero-order chi connectivity index (χ0) is 17.6. The molecular formula is C18H15ClN2O4. The van der Waals surface area contributed by atoms with Crippen LogP contribution in [0.5, 0.6) is 5.75 Å². The number of hydrogen-bond donors (Lipinski definition) is 1. The Kier molecular flexibility index (Phi) is 5.20. The van der Waals surface area contributed by atoms with Crippen LogP contribution in [0.25, 0.3) is 11.3 Å². The van der Waals surface area contributed by atoms with Crippen LogP contribution in [-0.2, 0) is 18.0 Å². The molecule has 0 aliphatic carbocycles. The lowest BCUT2D eigenvalue weighted by Gasteiger charge is -2.07. The van der Waals surface area contributed by atoms with Crippen molar-refractivity contribution in [2.75, 3.05) is 0 Å². The maximum absolute atomic E-state index is 10.6. The Balaban J connectivity index is 1.61. The summed E-state index contributed by atoms with van der Waals surface area (Å²) in [6.07, 6.45) is -0.862. The van der Waals surface area contributed by atoms with E-state index in [0.717, 1.165) is 16.9 Å². The van der Waals surface area contributed by atoms with E-state index in [1.165, 1.54) is 0 Å². The Morgan fingerprint density at radius 1 is 1.12 bits per heavy atom. The lowest BCUT2D eigenvalue weighted by molar-refractivity contribution is 0.137. The largest absolute Gasteiger partial charge is 0.489 e. The van der Waals surface area contributed by atoms with Gasteiger partial charge in [-0.1, -0.05) is 28.9 Å². The SMILES string of the molecule is NC(=O)OCc1cc(-c2ccc(OCc3cccc(Cl)c3)cc2)no1. The summed E-state index contributed by atoms with van der Waals surface area (Å²) in [5, 5.41) is 4.61. The monoisotopic (exact) mass is 358 g/mol. The smallest absolute Gasteiger partial charge is 0.404 e. The van der Waals surface area contributed by atoms with Crippen molar-refractivity contribution in [2.24, 2.45) is 5.73 Å². The molecular weight excluding hydrogens is 344 g/mol. The molecule has 0 saturated carbocycles. The van der Waals surface area contributed by atoms with Gasteiger partial charge in [-0.3, -0.25) is 0 Å². The lowest BCUT2D eigenvalue weighted by Crippen LogP contribution is -2.12. The molecule has 0 unspecified atom stereocenters. The van der Waals surface area contributed by atoms with Crippen LogP contribution in [0, 0.1) is 0 Å². The van der Waals surface area contributed by atoms with E-state index in [9.17, 15) is 4.79 Å². The highest BCUT2D eigenvalue weighted by atomic mass is 35.5. The van der Waals surface area contributed by atoms with Crippen LogP contribution in [0.4, 0.5) is 4.79 Å². The van der Waals surface area contributed by atoms with Crippen LogP contribution in [-0.4, -0.2) is 11.2 Å². The molecule has 1 aromatic heterocycles. The molecule has 7 heteroatoms. The molecule has 128 valence electrons. The average Bonchev–Trinajstić information content (AvgIpc) is 3.08. The lowest BCUT2D eigenvalue weighted by atomic mass is 10.1. The maximum atomic E-state index is 10.6. The number of amides is 1. The predicted octanol–water partition coefficient (Wildman–Crippen LogP) is 4.17. The number of nitrogens with two attached hydrogens (primary N) is 1. The van der Waals surface area contributed by atoms with Gasteiger partial charge in [0.1, 0.15) is 18.1 Å². The second kappa shape index (κ2) is 7.72. The Hall–Kier alpha value is -2.99. The molecule has 1 heterocycles. The molecule has 25 heavy (non-hydrogen) atoms. The van der Waals surface area contributed by atoms with E-state index in [1.54, 1.807) is 6.07 Å². The third-order valence-corrected chi connectivity index (χ3v) is 3.60. The number of halogens is 1. The van der Waals surface area contributed by atoms with Crippen LogP contribution < -0.4 is 10.5 Å². The van der Waals surface area contributed by atoms with Gasteiger partial charge in [0.15, 0.2) is 12.4 Å². The molecule has 0 aliphatic rings.